The third-order valence-electron chi connectivity index (χ3n) is 1.82. The van der Waals surface area contributed by atoms with E-state index in [4.69, 9.17) is 16.2 Å². The van der Waals surface area contributed by atoms with Gasteiger partial charge in [-0.2, -0.15) is 0 Å². The summed E-state index contributed by atoms with van der Waals surface area (Å²) >= 11 is 0. The van der Waals surface area contributed by atoms with Crippen LogP contribution in [0.25, 0.3) is 0 Å². The molecule has 0 spiro atoms. The first-order chi connectivity index (χ1) is 6.39. The van der Waals surface area contributed by atoms with Crippen molar-refractivity contribution >= 4 is 5.91 Å². The summed E-state index contributed by atoms with van der Waals surface area (Å²) in [6.07, 6.45) is 0. The summed E-state index contributed by atoms with van der Waals surface area (Å²) in [5.74, 6) is -0.494. The second-order valence-electron chi connectivity index (χ2n) is 3.83. The van der Waals surface area contributed by atoms with Crippen molar-refractivity contribution in [1.29, 1.82) is 0 Å². The fourth-order valence-corrected chi connectivity index (χ4v) is 1.07. The predicted octanol–water partition coefficient (Wildman–Crippen LogP) is -0.796. The minimum absolute atomic E-state index is 0.244. The maximum atomic E-state index is 10.6. The molecule has 0 radical (unpaired) electrons. The van der Waals surface area contributed by atoms with Crippen LogP contribution in [0.15, 0.2) is 0 Å². The predicted molar refractivity (Wildman–Crippen MR) is 55.7 cm³/mol. The van der Waals surface area contributed by atoms with E-state index in [2.05, 4.69) is 5.32 Å². The van der Waals surface area contributed by atoms with Crippen LogP contribution in [0.1, 0.15) is 20.8 Å². The molecule has 0 aliphatic carbocycles. The molecule has 0 saturated heterocycles. The Hall–Kier alpha value is -0.650. The van der Waals surface area contributed by atoms with Crippen LogP contribution in [0.5, 0.6) is 0 Å². The molecule has 0 saturated carbocycles. The summed E-state index contributed by atoms with van der Waals surface area (Å²) in [6, 6.07) is -0.632. The van der Waals surface area contributed by atoms with Crippen LogP contribution < -0.4 is 16.8 Å². The summed E-state index contributed by atoms with van der Waals surface area (Å²) < 4.78 is 5.45. The maximum Gasteiger partial charge on any atom is 0.235 e. The van der Waals surface area contributed by atoms with Gasteiger partial charge in [-0.1, -0.05) is 0 Å². The summed E-state index contributed by atoms with van der Waals surface area (Å²) in [5, 5.41) is 3.04. The van der Waals surface area contributed by atoms with E-state index in [1.54, 1.807) is 0 Å². The number of amides is 1. The first-order valence-corrected chi connectivity index (χ1v) is 4.78. The van der Waals surface area contributed by atoms with E-state index in [0.717, 1.165) is 0 Å². The standard InChI is InChI=1S/C9H21N3O2/c1-4-14-9(2,3)6-12-5-7(10)8(11)13/h7,12H,4-6,10H2,1-3H3,(H2,11,13). The van der Waals surface area contributed by atoms with Crippen LogP contribution in [-0.2, 0) is 9.53 Å². The van der Waals surface area contributed by atoms with Gasteiger partial charge < -0.3 is 21.5 Å². The van der Waals surface area contributed by atoms with Crippen molar-refractivity contribution in [3.8, 4) is 0 Å². The van der Waals surface area contributed by atoms with E-state index in [-0.39, 0.29) is 5.60 Å². The lowest BCUT2D eigenvalue weighted by Gasteiger charge is -2.25. The molecule has 1 atom stereocenters. The second kappa shape index (κ2) is 5.95. The number of carbonyl (C=O) groups is 1. The Bertz CT molecular complexity index is 183. The smallest absolute Gasteiger partial charge is 0.235 e. The van der Waals surface area contributed by atoms with Crippen molar-refractivity contribution in [2.24, 2.45) is 11.5 Å². The first-order valence-electron chi connectivity index (χ1n) is 4.78. The lowest BCUT2D eigenvalue weighted by atomic mass is 10.1. The molecule has 0 aromatic carbocycles. The Morgan fingerprint density at radius 2 is 2.14 bits per heavy atom. The first kappa shape index (κ1) is 13.4. The highest BCUT2D eigenvalue weighted by Crippen LogP contribution is 2.06. The molecule has 1 unspecified atom stereocenters. The average Bonchev–Trinajstić information content (AvgIpc) is 2.03. The zero-order valence-corrected chi connectivity index (χ0v) is 9.17. The molecule has 1 amide bonds. The molecule has 84 valence electrons. The number of nitrogens with one attached hydrogen (secondary N) is 1. The molecule has 0 aromatic heterocycles. The normalized spacial score (nSPS) is 14.0. The van der Waals surface area contributed by atoms with Gasteiger partial charge in [0.2, 0.25) is 5.91 Å². The topological polar surface area (TPSA) is 90.4 Å². The Labute approximate surface area is 85.2 Å². The molecule has 0 heterocycles. The zero-order valence-electron chi connectivity index (χ0n) is 9.17. The van der Waals surface area contributed by atoms with Crippen molar-refractivity contribution in [3.05, 3.63) is 0 Å². The lowest BCUT2D eigenvalue weighted by molar-refractivity contribution is -0.119. The quantitative estimate of drug-likeness (QED) is 0.505. The van der Waals surface area contributed by atoms with Crippen LogP contribution in [-0.4, -0.2) is 37.2 Å². The van der Waals surface area contributed by atoms with Gasteiger partial charge in [-0.15, -0.1) is 0 Å². The van der Waals surface area contributed by atoms with Crippen molar-refractivity contribution in [2.75, 3.05) is 19.7 Å². The summed E-state index contributed by atoms with van der Waals surface area (Å²) in [4.78, 5) is 10.6. The molecule has 5 heteroatoms. The molecule has 5 N–H and O–H groups in total. The van der Waals surface area contributed by atoms with Crippen LogP contribution in [0, 0.1) is 0 Å². The van der Waals surface area contributed by atoms with E-state index in [0.29, 0.717) is 19.7 Å². The minimum Gasteiger partial charge on any atom is -0.375 e. The monoisotopic (exact) mass is 203 g/mol. The van der Waals surface area contributed by atoms with Gasteiger partial charge in [0.15, 0.2) is 0 Å². The van der Waals surface area contributed by atoms with Crippen molar-refractivity contribution in [3.63, 3.8) is 0 Å². The maximum absolute atomic E-state index is 10.6. The van der Waals surface area contributed by atoms with Crippen molar-refractivity contribution in [1.82, 2.24) is 5.32 Å². The molecule has 0 aliphatic heterocycles. The molecular formula is C9H21N3O2. The molecule has 0 aromatic rings. The fourth-order valence-electron chi connectivity index (χ4n) is 1.07. The minimum atomic E-state index is -0.632. The van der Waals surface area contributed by atoms with Gasteiger partial charge in [-0.05, 0) is 20.8 Å². The van der Waals surface area contributed by atoms with Gasteiger partial charge in [0.25, 0.3) is 0 Å². The number of hydrogen-bond donors (Lipinski definition) is 3. The van der Waals surface area contributed by atoms with Crippen molar-refractivity contribution in [2.45, 2.75) is 32.4 Å². The third-order valence-corrected chi connectivity index (χ3v) is 1.82. The van der Waals surface area contributed by atoms with Crippen LogP contribution in [0.4, 0.5) is 0 Å². The second-order valence-corrected chi connectivity index (χ2v) is 3.83. The summed E-state index contributed by atoms with van der Waals surface area (Å²) in [5.41, 5.74) is 10.2. The summed E-state index contributed by atoms with van der Waals surface area (Å²) in [7, 11) is 0. The van der Waals surface area contributed by atoms with Gasteiger partial charge in [0.05, 0.1) is 11.6 Å². The number of rotatable bonds is 7. The molecule has 14 heavy (non-hydrogen) atoms. The molecule has 0 fully saturated rings. The van der Waals surface area contributed by atoms with E-state index in [1.807, 2.05) is 20.8 Å². The molecule has 5 nitrogen and oxygen atoms in total. The van der Waals surface area contributed by atoms with E-state index >= 15 is 0 Å². The van der Waals surface area contributed by atoms with Gasteiger partial charge in [0, 0.05) is 19.7 Å². The largest absolute Gasteiger partial charge is 0.375 e. The average molecular weight is 203 g/mol. The van der Waals surface area contributed by atoms with Crippen LogP contribution in [0.2, 0.25) is 0 Å². The van der Waals surface area contributed by atoms with Crippen LogP contribution >= 0.6 is 0 Å². The Morgan fingerprint density at radius 3 is 2.57 bits per heavy atom. The molecular weight excluding hydrogens is 182 g/mol. The molecule has 0 aliphatic rings. The van der Waals surface area contributed by atoms with E-state index in [1.165, 1.54) is 0 Å². The highest BCUT2D eigenvalue weighted by atomic mass is 16.5. The van der Waals surface area contributed by atoms with E-state index in [9.17, 15) is 4.79 Å². The lowest BCUT2D eigenvalue weighted by Crippen LogP contribution is -2.47. The zero-order chi connectivity index (χ0) is 11.2. The van der Waals surface area contributed by atoms with Gasteiger partial charge in [-0.25, -0.2) is 0 Å². The third kappa shape index (κ3) is 5.90. The number of ether oxygens (including phenoxy) is 1. The number of hydrogen-bond acceptors (Lipinski definition) is 4. The van der Waals surface area contributed by atoms with Gasteiger partial charge in [0.1, 0.15) is 0 Å². The SMILES string of the molecule is CCOC(C)(C)CNCC(N)C(N)=O. The highest BCUT2D eigenvalue weighted by Gasteiger charge is 2.17. The van der Waals surface area contributed by atoms with Crippen molar-refractivity contribution < 1.29 is 9.53 Å². The molecule has 0 bridgehead atoms. The van der Waals surface area contributed by atoms with Gasteiger partial charge in [-0.3, -0.25) is 4.79 Å². The Morgan fingerprint density at radius 1 is 1.57 bits per heavy atom. The number of nitrogens with two attached hydrogens (primary N) is 2. The Kier molecular flexibility index (Phi) is 5.68. The highest BCUT2D eigenvalue weighted by molar-refractivity contribution is 5.79. The van der Waals surface area contributed by atoms with E-state index < -0.39 is 11.9 Å². The van der Waals surface area contributed by atoms with Crippen LogP contribution in [0.3, 0.4) is 0 Å². The molecule has 0 rings (SSSR count). The Balaban J connectivity index is 3.67. The summed E-state index contributed by atoms with van der Waals surface area (Å²) in [6.45, 7) is 7.57. The fraction of sp³-hybridized carbons (Fsp3) is 0.889. The number of primary amides is 1. The number of carbonyl (C=O) groups excluding carboxylic acids is 1. The van der Waals surface area contributed by atoms with Gasteiger partial charge >= 0.3 is 0 Å².